The molecule has 6 heteroatoms. The third-order valence-electron chi connectivity index (χ3n) is 2.15. The SMILES string of the molecule is COc1ccc(Cl)cc1CCNC(=O)C(N)=O. The number of nitrogens with one attached hydrogen (secondary N) is 1. The van der Waals surface area contributed by atoms with Crippen molar-refractivity contribution in [3.8, 4) is 5.75 Å². The molecule has 0 heterocycles. The number of carbonyl (C=O) groups excluding carboxylic acids is 2. The minimum absolute atomic E-state index is 0.290. The summed E-state index contributed by atoms with van der Waals surface area (Å²) < 4.78 is 5.14. The Bertz CT molecular complexity index is 435. The van der Waals surface area contributed by atoms with Crippen molar-refractivity contribution in [2.24, 2.45) is 5.73 Å². The Labute approximate surface area is 104 Å². The smallest absolute Gasteiger partial charge is 0.309 e. The third-order valence-corrected chi connectivity index (χ3v) is 2.38. The Morgan fingerprint density at radius 3 is 2.76 bits per heavy atom. The van der Waals surface area contributed by atoms with Crippen molar-refractivity contribution in [1.82, 2.24) is 5.32 Å². The van der Waals surface area contributed by atoms with Crippen LogP contribution in [0, 0.1) is 0 Å². The van der Waals surface area contributed by atoms with Crippen LogP contribution in [0.15, 0.2) is 18.2 Å². The number of carbonyl (C=O) groups is 2. The fraction of sp³-hybridized carbons (Fsp3) is 0.273. The number of ether oxygens (including phenoxy) is 1. The van der Waals surface area contributed by atoms with Gasteiger partial charge in [-0.15, -0.1) is 0 Å². The molecule has 1 rings (SSSR count). The first-order valence-electron chi connectivity index (χ1n) is 4.94. The van der Waals surface area contributed by atoms with Crippen LogP contribution in [0.4, 0.5) is 0 Å². The first-order valence-corrected chi connectivity index (χ1v) is 5.32. The summed E-state index contributed by atoms with van der Waals surface area (Å²) in [6, 6.07) is 5.20. The minimum atomic E-state index is -0.997. The maximum atomic E-state index is 10.9. The summed E-state index contributed by atoms with van der Waals surface area (Å²) in [5.74, 6) is -1.11. The van der Waals surface area contributed by atoms with E-state index in [0.717, 1.165) is 5.56 Å². The van der Waals surface area contributed by atoms with E-state index in [1.165, 1.54) is 0 Å². The largest absolute Gasteiger partial charge is 0.496 e. The second kappa shape index (κ2) is 6.10. The molecule has 0 saturated carbocycles. The highest BCUT2D eigenvalue weighted by atomic mass is 35.5. The van der Waals surface area contributed by atoms with E-state index >= 15 is 0 Å². The molecule has 0 radical (unpaired) electrons. The molecule has 0 spiro atoms. The summed E-state index contributed by atoms with van der Waals surface area (Å²) in [5.41, 5.74) is 5.65. The van der Waals surface area contributed by atoms with Gasteiger partial charge in [0.15, 0.2) is 0 Å². The van der Waals surface area contributed by atoms with Gasteiger partial charge < -0.3 is 15.8 Å². The van der Waals surface area contributed by atoms with Crippen LogP contribution < -0.4 is 15.8 Å². The van der Waals surface area contributed by atoms with E-state index < -0.39 is 11.8 Å². The molecule has 0 saturated heterocycles. The number of hydrogen-bond donors (Lipinski definition) is 2. The maximum Gasteiger partial charge on any atom is 0.309 e. The van der Waals surface area contributed by atoms with Crippen LogP contribution in [-0.2, 0) is 16.0 Å². The van der Waals surface area contributed by atoms with Gasteiger partial charge in [0, 0.05) is 11.6 Å². The molecule has 2 amide bonds. The monoisotopic (exact) mass is 256 g/mol. The fourth-order valence-corrected chi connectivity index (χ4v) is 1.54. The van der Waals surface area contributed by atoms with Gasteiger partial charge in [-0.3, -0.25) is 9.59 Å². The van der Waals surface area contributed by atoms with Crippen LogP contribution in [0.5, 0.6) is 5.75 Å². The third kappa shape index (κ3) is 3.96. The van der Waals surface area contributed by atoms with Gasteiger partial charge in [0.1, 0.15) is 5.75 Å². The molecule has 17 heavy (non-hydrogen) atoms. The Morgan fingerprint density at radius 1 is 1.47 bits per heavy atom. The molecule has 92 valence electrons. The molecule has 1 aromatic rings. The van der Waals surface area contributed by atoms with Gasteiger partial charge in [-0.25, -0.2) is 0 Å². The normalized spacial score (nSPS) is 9.76. The fourth-order valence-electron chi connectivity index (χ4n) is 1.34. The quantitative estimate of drug-likeness (QED) is 0.770. The van der Waals surface area contributed by atoms with Crippen molar-refractivity contribution < 1.29 is 14.3 Å². The van der Waals surface area contributed by atoms with E-state index in [4.69, 9.17) is 22.1 Å². The van der Waals surface area contributed by atoms with E-state index in [2.05, 4.69) is 5.32 Å². The highest BCUT2D eigenvalue weighted by Gasteiger charge is 2.08. The second-order valence-electron chi connectivity index (χ2n) is 3.33. The predicted molar refractivity (Wildman–Crippen MR) is 63.9 cm³/mol. The predicted octanol–water partition coefficient (Wildman–Crippen LogP) is 0.493. The number of amides is 2. The molecule has 5 nitrogen and oxygen atoms in total. The number of benzene rings is 1. The van der Waals surface area contributed by atoms with Gasteiger partial charge in [0.2, 0.25) is 0 Å². The molecule has 0 aliphatic rings. The highest BCUT2D eigenvalue weighted by Crippen LogP contribution is 2.22. The van der Waals surface area contributed by atoms with Crippen molar-refractivity contribution in [2.75, 3.05) is 13.7 Å². The van der Waals surface area contributed by atoms with E-state index in [0.29, 0.717) is 23.7 Å². The maximum absolute atomic E-state index is 10.9. The molecule has 0 bridgehead atoms. The van der Waals surface area contributed by atoms with Crippen LogP contribution in [0.3, 0.4) is 0 Å². The summed E-state index contributed by atoms with van der Waals surface area (Å²) in [6.45, 7) is 0.290. The van der Waals surface area contributed by atoms with Gasteiger partial charge in [-0.05, 0) is 30.2 Å². The lowest BCUT2D eigenvalue weighted by Crippen LogP contribution is -2.37. The summed E-state index contributed by atoms with van der Waals surface area (Å²) in [7, 11) is 1.55. The Hall–Kier alpha value is -1.75. The lowest BCUT2D eigenvalue weighted by atomic mass is 10.1. The molecule has 0 aliphatic heterocycles. The van der Waals surface area contributed by atoms with E-state index in [1.54, 1.807) is 25.3 Å². The molecular formula is C11H13ClN2O3. The standard InChI is InChI=1S/C11H13ClN2O3/c1-17-9-3-2-8(12)6-7(9)4-5-14-11(16)10(13)15/h2-3,6H,4-5H2,1H3,(H2,13,15)(H,14,16). The first-order chi connectivity index (χ1) is 8.04. The number of nitrogens with two attached hydrogens (primary N) is 1. The molecule has 0 fully saturated rings. The summed E-state index contributed by atoms with van der Waals surface area (Å²) in [5, 5.41) is 2.97. The van der Waals surface area contributed by atoms with Crippen molar-refractivity contribution in [3.63, 3.8) is 0 Å². The van der Waals surface area contributed by atoms with Gasteiger partial charge in [0.05, 0.1) is 7.11 Å². The zero-order valence-electron chi connectivity index (χ0n) is 9.33. The Morgan fingerprint density at radius 2 is 2.18 bits per heavy atom. The van der Waals surface area contributed by atoms with Gasteiger partial charge >= 0.3 is 11.8 Å². The van der Waals surface area contributed by atoms with Crippen LogP contribution >= 0.6 is 11.6 Å². The van der Waals surface area contributed by atoms with Gasteiger partial charge in [-0.1, -0.05) is 11.6 Å². The zero-order chi connectivity index (χ0) is 12.8. The Kier molecular flexibility index (Phi) is 4.78. The Balaban J connectivity index is 2.59. The van der Waals surface area contributed by atoms with Gasteiger partial charge in [0.25, 0.3) is 0 Å². The molecule has 0 atom stereocenters. The van der Waals surface area contributed by atoms with Crippen LogP contribution in [0.25, 0.3) is 0 Å². The van der Waals surface area contributed by atoms with Crippen molar-refractivity contribution in [3.05, 3.63) is 28.8 Å². The van der Waals surface area contributed by atoms with Crippen LogP contribution in [0.1, 0.15) is 5.56 Å². The summed E-state index contributed by atoms with van der Waals surface area (Å²) in [4.78, 5) is 21.4. The van der Waals surface area contributed by atoms with Gasteiger partial charge in [-0.2, -0.15) is 0 Å². The van der Waals surface area contributed by atoms with E-state index in [-0.39, 0.29) is 0 Å². The summed E-state index contributed by atoms with van der Waals surface area (Å²) >= 11 is 5.85. The zero-order valence-corrected chi connectivity index (χ0v) is 10.1. The molecule has 0 unspecified atom stereocenters. The number of halogens is 1. The number of methoxy groups -OCH3 is 1. The van der Waals surface area contributed by atoms with E-state index in [9.17, 15) is 9.59 Å². The molecular weight excluding hydrogens is 244 g/mol. The average Bonchev–Trinajstić information content (AvgIpc) is 2.29. The highest BCUT2D eigenvalue weighted by molar-refractivity contribution is 6.34. The summed E-state index contributed by atoms with van der Waals surface area (Å²) in [6.07, 6.45) is 0.503. The average molecular weight is 257 g/mol. The molecule has 0 aliphatic carbocycles. The van der Waals surface area contributed by atoms with Crippen molar-refractivity contribution in [2.45, 2.75) is 6.42 Å². The first kappa shape index (κ1) is 13.3. The molecule has 1 aromatic carbocycles. The van der Waals surface area contributed by atoms with Crippen molar-refractivity contribution >= 4 is 23.4 Å². The topological polar surface area (TPSA) is 81.4 Å². The minimum Gasteiger partial charge on any atom is -0.496 e. The van der Waals surface area contributed by atoms with Crippen LogP contribution in [0.2, 0.25) is 5.02 Å². The molecule has 0 aromatic heterocycles. The lowest BCUT2D eigenvalue weighted by Gasteiger charge is -2.09. The van der Waals surface area contributed by atoms with E-state index in [1.807, 2.05) is 0 Å². The second-order valence-corrected chi connectivity index (χ2v) is 3.76. The number of rotatable bonds is 4. The van der Waals surface area contributed by atoms with Crippen LogP contribution in [-0.4, -0.2) is 25.5 Å². The number of hydrogen-bond acceptors (Lipinski definition) is 3. The van der Waals surface area contributed by atoms with Crippen molar-refractivity contribution in [1.29, 1.82) is 0 Å². The molecule has 3 N–H and O–H groups in total. The lowest BCUT2D eigenvalue weighted by molar-refractivity contribution is -0.137. The number of primary amides is 1.